The average Bonchev–Trinajstić information content (AvgIpc) is 3.06. The molecule has 0 unspecified atom stereocenters. The number of nitrogens with zero attached hydrogens (tertiary/aromatic N) is 2. The Hall–Kier alpha value is -1.32. The molecule has 2 atom stereocenters. The number of alkyl halides is 3. The summed E-state index contributed by atoms with van der Waals surface area (Å²) in [6, 6.07) is 3.72. The number of hydrogen-bond donors (Lipinski definition) is 1. The maximum absolute atomic E-state index is 12.9. The second-order valence-electron chi connectivity index (χ2n) is 5.62. The maximum Gasteiger partial charge on any atom is 0.393 e. The number of likely N-dealkylation sites (N-methyl/N-ethyl adjacent to an activating group) is 1. The lowest BCUT2D eigenvalue weighted by Gasteiger charge is -2.21. The van der Waals surface area contributed by atoms with Crippen molar-refractivity contribution in [2.75, 3.05) is 26.7 Å². The van der Waals surface area contributed by atoms with Crippen molar-refractivity contribution in [1.29, 1.82) is 0 Å². The fourth-order valence-electron chi connectivity index (χ4n) is 2.63. The van der Waals surface area contributed by atoms with E-state index in [1.807, 2.05) is 17.5 Å². The van der Waals surface area contributed by atoms with Crippen LogP contribution in [0.25, 0.3) is 0 Å². The molecule has 2 rings (SSSR count). The van der Waals surface area contributed by atoms with Gasteiger partial charge in [-0.2, -0.15) is 13.2 Å². The summed E-state index contributed by atoms with van der Waals surface area (Å²) in [7, 11) is 1.58. The van der Waals surface area contributed by atoms with Gasteiger partial charge in [-0.3, -0.25) is 14.5 Å². The second kappa shape index (κ2) is 8.17. The number of aliphatic carboxylic acids is 1. The molecular formula is C14H18ClF3N2O3S. The number of carboxylic acid groups (broad SMARTS) is 1. The van der Waals surface area contributed by atoms with Crippen molar-refractivity contribution in [1.82, 2.24) is 9.80 Å². The number of likely N-dealkylation sites (tertiary alicyclic amines) is 1. The van der Waals surface area contributed by atoms with Crippen molar-refractivity contribution in [2.24, 2.45) is 11.8 Å². The Kier molecular flexibility index (Phi) is 7.06. The summed E-state index contributed by atoms with van der Waals surface area (Å²) < 4.78 is 38.7. The molecule has 2 heterocycles. The summed E-state index contributed by atoms with van der Waals surface area (Å²) in [5.41, 5.74) is 0. The first-order chi connectivity index (χ1) is 10.7. The fraction of sp³-hybridized carbons (Fsp3) is 0.571. The summed E-state index contributed by atoms with van der Waals surface area (Å²) in [6.07, 6.45) is -4.58. The molecule has 0 bridgehead atoms. The highest BCUT2D eigenvalue weighted by Gasteiger charge is 2.52. The Morgan fingerprint density at radius 1 is 1.42 bits per heavy atom. The number of carboxylic acids is 1. The Bertz CT molecular complexity index is 568. The van der Waals surface area contributed by atoms with Gasteiger partial charge in [-0.25, -0.2) is 0 Å². The lowest BCUT2D eigenvalue weighted by Crippen LogP contribution is -2.37. The molecule has 1 N–H and O–H groups in total. The molecule has 0 saturated carbocycles. The second-order valence-corrected chi connectivity index (χ2v) is 6.65. The molecule has 0 spiro atoms. The van der Waals surface area contributed by atoms with Crippen LogP contribution in [0.4, 0.5) is 13.2 Å². The van der Waals surface area contributed by atoms with Crippen molar-refractivity contribution in [2.45, 2.75) is 12.7 Å². The maximum atomic E-state index is 12.9. The third-order valence-electron chi connectivity index (χ3n) is 3.89. The van der Waals surface area contributed by atoms with E-state index in [9.17, 15) is 22.8 Å². The van der Waals surface area contributed by atoms with Crippen LogP contribution in [-0.4, -0.2) is 59.6 Å². The third kappa shape index (κ3) is 5.09. The molecule has 1 aromatic heterocycles. The molecule has 10 heteroatoms. The van der Waals surface area contributed by atoms with Gasteiger partial charge in [0.25, 0.3) is 0 Å². The van der Waals surface area contributed by atoms with Crippen LogP contribution in [0, 0.1) is 11.8 Å². The Morgan fingerprint density at radius 2 is 2.08 bits per heavy atom. The smallest absolute Gasteiger partial charge is 0.393 e. The van der Waals surface area contributed by atoms with Crippen molar-refractivity contribution in [3.63, 3.8) is 0 Å². The van der Waals surface area contributed by atoms with E-state index in [2.05, 4.69) is 0 Å². The first kappa shape index (κ1) is 20.7. The normalized spacial score (nSPS) is 21.3. The Balaban J connectivity index is 0.00000288. The van der Waals surface area contributed by atoms with Crippen molar-refractivity contribution in [3.8, 4) is 0 Å². The zero-order valence-electron chi connectivity index (χ0n) is 12.8. The van der Waals surface area contributed by atoms with Gasteiger partial charge in [0, 0.05) is 25.0 Å². The fourth-order valence-corrected chi connectivity index (χ4v) is 3.39. The summed E-state index contributed by atoms with van der Waals surface area (Å²) in [5.74, 6) is -5.26. The van der Waals surface area contributed by atoms with E-state index >= 15 is 0 Å². The quantitative estimate of drug-likeness (QED) is 0.843. The van der Waals surface area contributed by atoms with Gasteiger partial charge < -0.3 is 10.0 Å². The van der Waals surface area contributed by atoms with Gasteiger partial charge in [0.1, 0.15) is 0 Å². The summed E-state index contributed by atoms with van der Waals surface area (Å²) in [5, 5.41) is 10.8. The molecule has 1 fully saturated rings. The van der Waals surface area contributed by atoms with Crippen LogP contribution in [0.5, 0.6) is 0 Å². The minimum Gasteiger partial charge on any atom is -0.481 e. The van der Waals surface area contributed by atoms with Crippen LogP contribution in [0.15, 0.2) is 17.5 Å². The Morgan fingerprint density at radius 3 is 2.54 bits per heavy atom. The topological polar surface area (TPSA) is 60.9 Å². The zero-order chi connectivity index (χ0) is 17.2. The number of thiophene rings is 1. The van der Waals surface area contributed by atoms with Crippen molar-refractivity contribution < 1.29 is 27.9 Å². The predicted molar refractivity (Wildman–Crippen MR) is 85.2 cm³/mol. The highest BCUT2D eigenvalue weighted by atomic mass is 35.5. The molecular weight excluding hydrogens is 369 g/mol. The first-order valence-electron chi connectivity index (χ1n) is 6.96. The highest BCUT2D eigenvalue weighted by Crippen LogP contribution is 2.37. The number of carbonyl (C=O) groups excluding carboxylic acids is 1. The number of rotatable bonds is 5. The van der Waals surface area contributed by atoms with Gasteiger partial charge in [-0.15, -0.1) is 23.7 Å². The molecule has 0 aromatic carbocycles. The lowest BCUT2D eigenvalue weighted by molar-refractivity contribution is -0.188. The van der Waals surface area contributed by atoms with Crippen LogP contribution in [0.2, 0.25) is 0 Å². The van der Waals surface area contributed by atoms with Crippen LogP contribution in [-0.2, 0) is 16.1 Å². The van der Waals surface area contributed by atoms with E-state index in [0.29, 0.717) is 6.54 Å². The van der Waals surface area contributed by atoms with Crippen molar-refractivity contribution in [3.05, 3.63) is 22.4 Å². The largest absolute Gasteiger partial charge is 0.481 e. The molecule has 5 nitrogen and oxygen atoms in total. The van der Waals surface area contributed by atoms with Gasteiger partial charge in [0.2, 0.25) is 5.91 Å². The molecule has 1 aliphatic heterocycles. The van der Waals surface area contributed by atoms with Crippen LogP contribution >= 0.6 is 23.7 Å². The van der Waals surface area contributed by atoms with E-state index in [1.54, 1.807) is 7.05 Å². The highest BCUT2D eigenvalue weighted by molar-refractivity contribution is 7.09. The molecule has 1 saturated heterocycles. The number of amides is 1. The summed E-state index contributed by atoms with van der Waals surface area (Å²) in [4.78, 5) is 26.8. The predicted octanol–water partition coefficient (Wildman–Crippen LogP) is 2.32. The molecule has 0 radical (unpaired) electrons. The van der Waals surface area contributed by atoms with Crippen LogP contribution < -0.4 is 0 Å². The van der Waals surface area contributed by atoms with E-state index in [-0.39, 0.29) is 31.4 Å². The van der Waals surface area contributed by atoms with Crippen LogP contribution in [0.3, 0.4) is 0 Å². The summed E-state index contributed by atoms with van der Waals surface area (Å²) in [6.45, 7) is -0.551. The van der Waals surface area contributed by atoms with Gasteiger partial charge in [0.15, 0.2) is 0 Å². The first-order valence-corrected chi connectivity index (χ1v) is 7.84. The van der Waals surface area contributed by atoms with Gasteiger partial charge in [-0.1, -0.05) is 6.07 Å². The van der Waals surface area contributed by atoms with E-state index in [1.165, 1.54) is 21.1 Å². The lowest BCUT2D eigenvalue weighted by atomic mass is 9.96. The molecule has 1 aromatic rings. The third-order valence-corrected chi connectivity index (χ3v) is 4.75. The van der Waals surface area contributed by atoms with Crippen molar-refractivity contribution >= 4 is 35.6 Å². The van der Waals surface area contributed by atoms with E-state index < -0.39 is 30.5 Å². The minimum absolute atomic E-state index is 0. The molecule has 1 amide bonds. The Labute approximate surface area is 147 Å². The van der Waals surface area contributed by atoms with Crippen LogP contribution in [0.1, 0.15) is 4.88 Å². The SMILES string of the molecule is CN(Cc1cccs1)C(=O)CN1C[C@@H](C(F)(F)F)[C@H](C(=O)O)C1.Cl. The molecule has 1 aliphatic rings. The number of hydrogen-bond acceptors (Lipinski definition) is 4. The molecule has 0 aliphatic carbocycles. The molecule has 24 heavy (non-hydrogen) atoms. The van der Waals surface area contributed by atoms with Gasteiger partial charge in [0.05, 0.1) is 24.9 Å². The van der Waals surface area contributed by atoms with E-state index in [0.717, 1.165) is 4.88 Å². The zero-order valence-corrected chi connectivity index (χ0v) is 14.5. The summed E-state index contributed by atoms with van der Waals surface area (Å²) >= 11 is 1.49. The standard InChI is InChI=1S/C14H17F3N2O3S.ClH/c1-18(5-9-3-2-4-23-9)12(20)8-19-6-10(13(21)22)11(7-19)14(15,16)17;/h2-4,10-11H,5-8H2,1H3,(H,21,22);1H/t10-,11-;/m1./s1. The monoisotopic (exact) mass is 386 g/mol. The minimum atomic E-state index is -4.58. The van der Waals surface area contributed by atoms with E-state index in [4.69, 9.17) is 5.11 Å². The van der Waals surface area contributed by atoms with Gasteiger partial charge >= 0.3 is 12.1 Å². The average molecular weight is 387 g/mol. The number of carbonyl (C=O) groups is 2. The number of halogens is 4. The molecule has 136 valence electrons. The van der Waals surface area contributed by atoms with Gasteiger partial charge in [-0.05, 0) is 11.4 Å².